The average molecular weight is 343 g/mol. The number of carbonyl (C=O) groups is 1. The first-order valence-corrected chi connectivity index (χ1v) is 6.51. The molecule has 2 rings (SSSR count). The van der Waals surface area contributed by atoms with Crippen LogP contribution in [-0.2, 0) is 0 Å². The second-order valence-corrected chi connectivity index (χ2v) is 5.06. The van der Waals surface area contributed by atoms with Crippen LogP contribution in [0.2, 0.25) is 0 Å². The van der Waals surface area contributed by atoms with Crippen LogP contribution >= 0.6 is 15.9 Å². The van der Waals surface area contributed by atoms with Gasteiger partial charge in [0.15, 0.2) is 0 Å². The quantitative estimate of drug-likeness (QED) is 0.813. The molecule has 2 aromatic carbocycles. The van der Waals surface area contributed by atoms with Gasteiger partial charge in [0.05, 0.1) is 10.0 Å². The van der Waals surface area contributed by atoms with E-state index in [1.807, 2.05) is 13.0 Å². The van der Waals surface area contributed by atoms with Crippen LogP contribution in [0.25, 0.3) is 0 Å². The Bertz CT molecular complexity index is 627. The molecule has 0 aliphatic heterocycles. The van der Waals surface area contributed by atoms with Crippen molar-refractivity contribution in [2.24, 2.45) is 0 Å². The minimum atomic E-state index is -1.23. The highest BCUT2D eigenvalue weighted by atomic mass is 79.9. The van der Waals surface area contributed by atoms with E-state index in [0.29, 0.717) is 10.0 Å². The smallest absolute Gasteiger partial charge is 0.338 e. The van der Waals surface area contributed by atoms with E-state index in [1.54, 1.807) is 19.1 Å². The molecule has 0 bridgehead atoms. The third kappa shape index (κ3) is 4.74. The van der Waals surface area contributed by atoms with Crippen molar-refractivity contribution in [3.05, 3.63) is 69.2 Å². The third-order valence-electron chi connectivity index (χ3n) is 2.43. The van der Waals surface area contributed by atoms with Crippen LogP contribution in [0.5, 0.6) is 0 Å². The lowest BCUT2D eigenvalue weighted by Gasteiger charge is -1.96. The highest BCUT2D eigenvalue weighted by Gasteiger charge is 2.08. The second-order valence-electron chi connectivity index (χ2n) is 4.21. The SMILES string of the molecule is Cc1ccc(Br)c(F)c1.Cc1ccc(C(=O)O)c(F)c1. The van der Waals surface area contributed by atoms with Crippen LogP contribution in [0.1, 0.15) is 21.5 Å². The Hall–Kier alpha value is -1.75. The molecule has 2 aromatic rings. The van der Waals surface area contributed by atoms with Crippen molar-refractivity contribution in [1.82, 2.24) is 0 Å². The van der Waals surface area contributed by atoms with Crippen LogP contribution < -0.4 is 0 Å². The molecule has 0 radical (unpaired) electrons. The second kappa shape index (κ2) is 7.14. The fourth-order valence-corrected chi connectivity index (χ4v) is 1.64. The number of rotatable bonds is 1. The number of halogens is 3. The fraction of sp³-hybridized carbons (Fsp3) is 0.133. The van der Waals surface area contributed by atoms with Crippen molar-refractivity contribution in [2.75, 3.05) is 0 Å². The van der Waals surface area contributed by atoms with E-state index in [-0.39, 0.29) is 11.4 Å². The molecule has 0 atom stereocenters. The lowest BCUT2D eigenvalue weighted by atomic mass is 10.1. The fourth-order valence-electron chi connectivity index (χ4n) is 1.39. The Morgan fingerprint density at radius 2 is 1.50 bits per heavy atom. The molecule has 106 valence electrons. The maximum Gasteiger partial charge on any atom is 0.338 e. The zero-order valence-electron chi connectivity index (χ0n) is 11.0. The predicted octanol–water partition coefficient (Wildman–Crippen LogP) is 4.73. The summed E-state index contributed by atoms with van der Waals surface area (Å²) in [5.74, 6) is -2.12. The van der Waals surface area contributed by atoms with Crippen LogP contribution in [0, 0.1) is 25.5 Å². The van der Waals surface area contributed by atoms with Crippen LogP contribution in [0.4, 0.5) is 8.78 Å². The van der Waals surface area contributed by atoms with Gasteiger partial charge in [0, 0.05) is 0 Å². The highest BCUT2D eigenvalue weighted by molar-refractivity contribution is 9.10. The van der Waals surface area contributed by atoms with Crippen LogP contribution in [-0.4, -0.2) is 11.1 Å². The summed E-state index contributed by atoms with van der Waals surface area (Å²) >= 11 is 3.05. The number of carboxylic acids is 1. The van der Waals surface area contributed by atoms with Crippen molar-refractivity contribution in [3.63, 3.8) is 0 Å². The highest BCUT2D eigenvalue weighted by Crippen LogP contribution is 2.15. The van der Waals surface area contributed by atoms with Crippen molar-refractivity contribution < 1.29 is 18.7 Å². The summed E-state index contributed by atoms with van der Waals surface area (Å²) in [6.07, 6.45) is 0. The van der Waals surface area contributed by atoms with E-state index in [2.05, 4.69) is 15.9 Å². The normalized spacial score (nSPS) is 9.65. The molecule has 0 unspecified atom stereocenters. The lowest BCUT2D eigenvalue weighted by molar-refractivity contribution is 0.0692. The first kappa shape index (κ1) is 16.3. The molecule has 0 aliphatic rings. The van der Waals surface area contributed by atoms with Gasteiger partial charge < -0.3 is 5.11 Å². The molecule has 0 saturated heterocycles. The molecule has 0 fully saturated rings. The van der Waals surface area contributed by atoms with Gasteiger partial charge in [-0.05, 0) is 65.2 Å². The van der Waals surface area contributed by atoms with Crippen molar-refractivity contribution in [1.29, 1.82) is 0 Å². The number of aryl methyl sites for hydroxylation is 2. The van der Waals surface area contributed by atoms with E-state index in [4.69, 9.17) is 5.11 Å². The monoisotopic (exact) mass is 342 g/mol. The minimum Gasteiger partial charge on any atom is -0.478 e. The van der Waals surface area contributed by atoms with Gasteiger partial charge >= 0.3 is 5.97 Å². The van der Waals surface area contributed by atoms with Crippen molar-refractivity contribution in [2.45, 2.75) is 13.8 Å². The Balaban J connectivity index is 0.000000204. The van der Waals surface area contributed by atoms with Gasteiger partial charge in [0.1, 0.15) is 11.6 Å². The summed E-state index contributed by atoms with van der Waals surface area (Å²) < 4.78 is 25.8. The maximum absolute atomic E-state index is 12.7. The molecule has 5 heteroatoms. The molecule has 0 spiro atoms. The van der Waals surface area contributed by atoms with E-state index < -0.39 is 11.8 Å². The topological polar surface area (TPSA) is 37.3 Å². The first-order valence-electron chi connectivity index (χ1n) is 5.72. The van der Waals surface area contributed by atoms with Gasteiger partial charge in [-0.25, -0.2) is 13.6 Å². The summed E-state index contributed by atoms with van der Waals surface area (Å²) in [5.41, 5.74) is 1.37. The Morgan fingerprint density at radius 1 is 1.00 bits per heavy atom. The van der Waals surface area contributed by atoms with E-state index in [0.717, 1.165) is 5.56 Å². The number of aromatic carboxylic acids is 1. The zero-order valence-corrected chi connectivity index (χ0v) is 12.5. The summed E-state index contributed by atoms with van der Waals surface area (Å²) in [4.78, 5) is 10.3. The average Bonchev–Trinajstić information content (AvgIpc) is 2.34. The lowest BCUT2D eigenvalue weighted by Crippen LogP contribution is -1.99. The van der Waals surface area contributed by atoms with E-state index in [1.165, 1.54) is 18.2 Å². The molecule has 0 heterocycles. The molecular weight excluding hydrogens is 330 g/mol. The van der Waals surface area contributed by atoms with Gasteiger partial charge in [0.2, 0.25) is 0 Å². The molecule has 20 heavy (non-hydrogen) atoms. The number of hydrogen-bond acceptors (Lipinski definition) is 1. The predicted molar refractivity (Wildman–Crippen MR) is 76.9 cm³/mol. The van der Waals surface area contributed by atoms with Gasteiger partial charge in [-0.1, -0.05) is 12.1 Å². The molecule has 1 N–H and O–H groups in total. The van der Waals surface area contributed by atoms with Gasteiger partial charge in [-0.15, -0.1) is 0 Å². The largest absolute Gasteiger partial charge is 0.478 e. The molecule has 0 aromatic heterocycles. The summed E-state index contributed by atoms with van der Waals surface area (Å²) in [6.45, 7) is 3.56. The number of benzene rings is 2. The van der Waals surface area contributed by atoms with E-state index in [9.17, 15) is 13.6 Å². The van der Waals surface area contributed by atoms with Gasteiger partial charge in [-0.2, -0.15) is 0 Å². The molecule has 2 nitrogen and oxygen atoms in total. The van der Waals surface area contributed by atoms with E-state index >= 15 is 0 Å². The number of carboxylic acid groups (broad SMARTS) is 1. The minimum absolute atomic E-state index is 0.199. The Morgan fingerprint density at radius 3 is 1.90 bits per heavy atom. The Kier molecular flexibility index (Phi) is 5.82. The summed E-state index contributed by atoms with van der Waals surface area (Å²) in [5, 5.41) is 8.42. The summed E-state index contributed by atoms with van der Waals surface area (Å²) in [7, 11) is 0. The number of hydrogen-bond donors (Lipinski definition) is 1. The van der Waals surface area contributed by atoms with Gasteiger partial charge in [0.25, 0.3) is 0 Å². The van der Waals surface area contributed by atoms with Crippen LogP contribution in [0.3, 0.4) is 0 Å². The van der Waals surface area contributed by atoms with Crippen molar-refractivity contribution in [3.8, 4) is 0 Å². The molecule has 0 aliphatic carbocycles. The summed E-state index contributed by atoms with van der Waals surface area (Å²) in [6, 6.07) is 9.06. The first-order chi connectivity index (χ1) is 9.31. The molecular formula is C15H13BrF2O2. The maximum atomic E-state index is 12.7. The molecule has 0 saturated carbocycles. The molecule has 0 amide bonds. The standard InChI is InChI=1S/C8H7FO2.C7H6BrF/c1-5-2-3-6(8(10)11)7(9)4-5;1-5-2-3-6(8)7(9)4-5/h2-4H,1H3,(H,10,11);2-4H,1H3. The van der Waals surface area contributed by atoms with Gasteiger partial charge in [-0.3, -0.25) is 0 Å². The zero-order chi connectivity index (χ0) is 15.3. The third-order valence-corrected chi connectivity index (χ3v) is 3.07. The Labute approximate surface area is 124 Å². The van der Waals surface area contributed by atoms with Crippen LogP contribution in [0.15, 0.2) is 40.9 Å². The van der Waals surface area contributed by atoms with Crippen molar-refractivity contribution >= 4 is 21.9 Å².